The number of aromatic nitrogens is 1. The normalized spacial score (nSPS) is 16.1. The summed E-state index contributed by atoms with van der Waals surface area (Å²) >= 11 is 0. The fraction of sp³-hybridized carbons (Fsp3) is 0.471. The lowest BCUT2D eigenvalue weighted by atomic mass is 10.1. The fourth-order valence-electron chi connectivity index (χ4n) is 3.39. The van der Waals surface area contributed by atoms with Crippen molar-refractivity contribution < 1.29 is 5.11 Å². The Morgan fingerprint density at radius 2 is 2.05 bits per heavy atom. The third-order valence-corrected chi connectivity index (χ3v) is 4.49. The van der Waals surface area contributed by atoms with Crippen LogP contribution in [0, 0.1) is 0 Å². The highest BCUT2D eigenvalue weighted by atomic mass is 16.3. The van der Waals surface area contributed by atoms with Crippen molar-refractivity contribution in [3.8, 4) is 0 Å². The number of nitrogens with two attached hydrogens (primary N) is 1. The number of aliphatic hydroxyl groups is 1. The molecule has 3 N–H and O–H groups in total. The summed E-state index contributed by atoms with van der Waals surface area (Å²) in [5.74, 6) is 0. The van der Waals surface area contributed by atoms with E-state index in [4.69, 9.17) is 5.73 Å². The summed E-state index contributed by atoms with van der Waals surface area (Å²) in [6.45, 7) is 1.76. The average Bonchev–Trinajstić information content (AvgIpc) is 3.04. The van der Waals surface area contributed by atoms with E-state index in [1.807, 2.05) is 24.4 Å². The number of anilines is 1. The highest BCUT2D eigenvalue weighted by Crippen LogP contribution is 2.28. The van der Waals surface area contributed by atoms with Crippen LogP contribution >= 0.6 is 0 Å². The van der Waals surface area contributed by atoms with Crippen LogP contribution in [-0.2, 0) is 6.54 Å². The third kappa shape index (κ3) is 3.01. The van der Waals surface area contributed by atoms with Gasteiger partial charge in [-0.15, -0.1) is 0 Å². The van der Waals surface area contributed by atoms with Crippen molar-refractivity contribution in [2.45, 2.75) is 38.3 Å². The number of fused-ring (bicyclic) bond motifs is 1. The van der Waals surface area contributed by atoms with Crippen molar-refractivity contribution in [1.29, 1.82) is 0 Å². The number of benzene rings is 1. The van der Waals surface area contributed by atoms with Gasteiger partial charge in [0.1, 0.15) is 0 Å². The summed E-state index contributed by atoms with van der Waals surface area (Å²) < 4.78 is 0. The number of pyridine rings is 1. The second-order valence-electron chi connectivity index (χ2n) is 5.85. The quantitative estimate of drug-likeness (QED) is 0.829. The van der Waals surface area contributed by atoms with Crippen LogP contribution in [0.3, 0.4) is 0 Å². The maximum absolute atomic E-state index is 9.36. The molecule has 1 aliphatic carbocycles. The summed E-state index contributed by atoms with van der Waals surface area (Å²) in [5, 5.41) is 10.4. The molecule has 3 rings (SSSR count). The minimum atomic E-state index is 0.205. The highest BCUT2D eigenvalue weighted by molar-refractivity contribution is 5.92. The number of nitrogens with zero attached hydrogens (tertiary/aromatic N) is 2. The second kappa shape index (κ2) is 6.41. The lowest BCUT2D eigenvalue weighted by Crippen LogP contribution is -2.35. The Hall–Kier alpha value is -1.65. The molecule has 1 aromatic carbocycles. The summed E-state index contributed by atoms with van der Waals surface area (Å²) in [5.41, 5.74) is 9.00. The van der Waals surface area contributed by atoms with Gasteiger partial charge in [0.15, 0.2) is 0 Å². The van der Waals surface area contributed by atoms with Gasteiger partial charge in [0.2, 0.25) is 0 Å². The molecule has 21 heavy (non-hydrogen) atoms. The summed E-state index contributed by atoms with van der Waals surface area (Å²) in [4.78, 5) is 6.91. The van der Waals surface area contributed by atoms with Crippen LogP contribution in [0.15, 0.2) is 30.5 Å². The van der Waals surface area contributed by atoms with Crippen molar-refractivity contribution in [3.05, 3.63) is 36.0 Å². The van der Waals surface area contributed by atoms with Gasteiger partial charge < -0.3 is 10.8 Å². The van der Waals surface area contributed by atoms with E-state index in [-0.39, 0.29) is 6.61 Å². The molecule has 0 amide bonds. The second-order valence-corrected chi connectivity index (χ2v) is 5.85. The van der Waals surface area contributed by atoms with Crippen molar-refractivity contribution in [3.63, 3.8) is 0 Å². The van der Waals surface area contributed by atoms with Crippen molar-refractivity contribution >= 4 is 16.6 Å². The molecule has 1 saturated carbocycles. The summed E-state index contributed by atoms with van der Waals surface area (Å²) in [6.07, 6.45) is 6.89. The van der Waals surface area contributed by atoms with E-state index in [2.05, 4.69) is 16.0 Å². The maximum atomic E-state index is 9.36. The number of nitrogen functional groups attached to an aromatic ring is 1. The third-order valence-electron chi connectivity index (χ3n) is 4.49. The van der Waals surface area contributed by atoms with Crippen molar-refractivity contribution in [2.75, 3.05) is 18.9 Å². The SMILES string of the molecule is Nc1ccc(CN(CCO)C2CCCC2)c2ncccc12. The molecule has 0 radical (unpaired) electrons. The Morgan fingerprint density at radius 1 is 1.24 bits per heavy atom. The maximum Gasteiger partial charge on any atom is 0.0767 e. The lowest BCUT2D eigenvalue weighted by Gasteiger charge is -2.28. The van der Waals surface area contributed by atoms with Gasteiger partial charge in [-0.3, -0.25) is 9.88 Å². The molecule has 112 valence electrons. The molecule has 0 spiro atoms. The van der Waals surface area contributed by atoms with Crippen molar-refractivity contribution in [1.82, 2.24) is 9.88 Å². The highest BCUT2D eigenvalue weighted by Gasteiger charge is 2.23. The van der Waals surface area contributed by atoms with Crippen LogP contribution in [-0.4, -0.2) is 34.2 Å². The van der Waals surface area contributed by atoms with Gasteiger partial charge in [-0.25, -0.2) is 0 Å². The fourth-order valence-corrected chi connectivity index (χ4v) is 3.39. The molecule has 0 saturated heterocycles. The number of hydrogen-bond donors (Lipinski definition) is 2. The minimum Gasteiger partial charge on any atom is -0.398 e. The van der Waals surface area contributed by atoms with Crippen molar-refractivity contribution in [2.24, 2.45) is 0 Å². The summed E-state index contributed by atoms with van der Waals surface area (Å²) in [6, 6.07) is 8.57. The first-order valence-corrected chi connectivity index (χ1v) is 7.76. The largest absolute Gasteiger partial charge is 0.398 e. The van der Waals surface area contributed by atoms with Gasteiger partial charge in [0.25, 0.3) is 0 Å². The van der Waals surface area contributed by atoms with E-state index < -0.39 is 0 Å². The molecule has 0 bridgehead atoms. The Bertz CT molecular complexity index is 608. The monoisotopic (exact) mass is 285 g/mol. The van der Waals surface area contributed by atoms with Gasteiger partial charge in [-0.1, -0.05) is 18.9 Å². The molecular weight excluding hydrogens is 262 g/mol. The smallest absolute Gasteiger partial charge is 0.0767 e. The van der Waals surface area contributed by atoms with Gasteiger partial charge in [0.05, 0.1) is 12.1 Å². The molecule has 1 aliphatic rings. The van der Waals surface area contributed by atoms with Crippen LogP contribution < -0.4 is 5.73 Å². The molecule has 4 heteroatoms. The predicted molar refractivity (Wildman–Crippen MR) is 85.9 cm³/mol. The first-order valence-electron chi connectivity index (χ1n) is 7.76. The molecule has 1 fully saturated rings. The zero-order chi connectivity index (χ0) is 14.7. The summed E-state index contributed by atoms with van der Waals surface area (Å²) in [7, 11) is 0. The van der Waals surface area contributed by atoms with E-state index in [0.29, 0.717) is 6.04 Å². The Morgan fingerprint density at radius 3 is 2.81 bits per heavy atom. The van der Waals surface area contributed by atoms with Gasteiger partial charge in [0, 0.05) is 36.4 Å². The Labute approximate surface area is 125 Å². The zero-order valence-corrected chi connectivity index (χ0v) is 12.3. The molecule has 0 aliphatic heterocycles. The number of aliphatic hydroxyl groups excluding tert-OH is 1. The van der Waals surface area contributed by atoms with Gasteiger partial charge >= 0.3 is 0 Å². The molecular formula is C17H23N3O. The Balaban J connectivity index is 1.90. The number of hydrogen-bond acceptors (Lipinski definition) is 4. The number of rotatable bonds is 5. The molecule has 0 atom stereocenters. The zero-order valence-electron chi connectivity index (χ0n) is 12.3. The van der Waals surface area contributed by atoms with E-state index in [1.54, 1.807) is 0 Å². The standard InChI is InChI=1S/C17H23N3O/c18-16-8-7-13(17-15(16)6-3-9-19-17)12-20(10-11-21)14-4-1-2-5-14/h3,6-9,14,21H,1-2,4-5,10-12,18H2. The van der Waals surface area contributed by atoms with Crippen LogP contribution in [0.2, 0.25) is 0 Å². The van der Waals surface area contributed by atoms with E-state index in [0.717, 1.165) is 29.7 Å². The van der Waals surface area contributed by atoms with Crippen LogP contribution in [0.1, 0.15) is 31.2 Å². The van der Waals surface area contributed by atoms with Crippen LogP contribution in [0.4, 0.5) is 5.69 Å². The lowest BCUT2D eigenvalue weighted by molar-refractivity contribution is 0.145. The van der Waals surface area contributed by atoms with Crippen LogP contribution in [0.25, 0.3) is 10.9 Å². The predicted octanol–water partition coefficient (Wildman–Crippen LogP) is 2.55. The molecule has 1 heterocycles. The molecule has 0 unspecified atom stereocenters. The topological polar surface area (TPSA) is 62.4 Å². The first kappa shape index (κ1) is 14.3. The van der Waals surface area contributed by atoms with Crippen LogP contribution in [0.5, 0.6) is 0 Å². The minimum absolute atomic E-state index is 0.205. The van der Waals surface area contributed by atoms with E-state index >= 15 is 0 Å². The van der Waals surface area contributed by atoms with E-state index in [1.165, 1.54) is 31.2 Å². The van der Waals surface area contributed by atoms with Gasteiger partial charge in [-0.2, -0.15) is 0 Å². The van der Waals surface area contributed by atoms with E-state index in [9.17, 15) is 5.11 Å². The average molecular weight is 285 g/mol. The molecule has 4 nitrogen and oxygen atoms in total. The Kier molecular flexibility index (Phi) is 4.36. The molecule has 1 aromatic heterocycles. The first-order chi connectivity index (χ1) is 10.3. The van der Waals surface area contributed by atoms with Gasteiger partial charge in [-0.05, 0) is 36.6 Å². The molecule has 2 aromatic rings.